The molecule has 2 N–H and O–H groups in total. The largest absolute Gasteiger partial charge is 0.325 e. The van der Waals surface area contributed by atoms with Crippen molar-refractivity contribution in [2.75, 3.05) is 0 Å². The second kappa shape index (κ2) is 4.65. The summed E-state index contributed by atoms with van der Waals surface area (Å²) in [5, 5.41) is 8.34. The number of aryl methyl sites for hydroxylation is 1. The zero-order valence-corrected chi connectivity index (χ0v) is 9.68. The van der Waals surface area contributed by atoms with Gasteiger partial charge in [-0.3, -0.25) is 0 Å². The first-order valence-electron chi connectivity index (χ1n) is 4.26. The molecule has 0 aromatic carbocycles. The van der Waals surface area contributed by atoms with E-state index in [1.54, 1.807) is 5.51 Å². The van der Waals surface area contributed by atoms with Gasteiger partial charge in [0.2, 0.25) is 0 Å². The molecule has 78 valence electrons. The van der Waals surface area contributed by atoms with Crippen molar-refractivity contribution < 1.29 is 0 Å². The first-order chi connectivity index (χ1) is 7.28. The van der Waals surface area contributed by atoms with E-state index in [0.29, 0.717) is 11.7 Å². The molecule has 0 radical (unpaired) electrons. The van der Waals surface area contributed by atoms with Crippen molar-refractivity contribution in [2.45, 2.75) is 23.0 Å². The number of rotatable bonds is 3. The molecular formula is C8H9N5S2. The van der Waals surface area contributed by atoms with Gasteiger partial charge in [-0.05, 0) is 24.8 Å². The lowest BCUT2D eigenvalue weighted by Gasteiger charge is -2.01. The van der Waals surface area contributed by atoms with Gasteiger partial charge in [0.25, 0.3) is 0 Å². The van der Waals surface area contributed by atoms with Gasteiger partial charge in [-0.15, -0.1) is 10.2 Å². The molecule has 0 saturated carbocycles. The van der Waals surface area contributed by atoms with Crippen LogP contribution in [0.1, 0.15) is 11.4 Å². The molecule has 0 unspecified atom stereocenters. The molecule has 15 heavy (non-hydrogen) atoms. The maximum Gasteiger partial charge on any atom is 0.195 e. The number of aromatic nitrogens is 4. The lowest BCUT2D eigenvalue weighted by Crippen LogP contribution is -2.02. The van der Waals surface area contributed by atoms with E-state index in [0.717, 1.165) is 15.7 Å². The van der Waals surface area contributed by atoms with E-state index in [-0.39, 0.29) is 0 Å². The van der Waals surface area contributed by atoms with E-state index in [1.807, 2.05) is 13.0 Å². The summed E-state index contributed by atoms with van der Waals surface area (Å²) in [7, 11) is 0. The topological polar surface area (TPSA) is 77.6 Å². The van der Waals surface area contributed by atoms with Crippen LogP contribution in [-0.2, 0) is 6.54 Å². The fourth-order valence-electron chi connectivity index (χ4n) is 1.04. The predicted octanol–water partition coefficient (Wildman–Crippen LogP) is 1.25. The van der Waals surface area contributed by atoms with Crippen LogP contribution in [0.4, 0.5) is 0 Å². The van der Waals surface area contributed by atoms with E-state index >= 15 is 0 Å². The van der Waals surface area contributed by atoms with Gasteiger partial charge in [0.15, 0.2) is 9.50 Å². The van der Waals surface area contributed by atoms with E-state index in [4.69, 9.17) is 5.73 Å². The Hall–Kier alpha value is -1.05. The maximum atomic E-state index is 5.54. The highest BCUT2D eigenvalue weighted by Crippen LogP contribution is 2.25. The van der Waals surface area contributed by atoms with Crippen molar-refractivity contribution in [1.29, 1.82) is 0 Å². The summed E-state index contributed by atoms with van der Waals surface area (Å²) >= 11 is 2.87. The van der Waals surface area contributed by atoms with Gasteiger partial charge < -0.3 is 5.73 Å². The van der Waals surface area contributed by atoms with Crippen LogP contribution in [0.15, 0.2) is 21.1 Å². The Morgan fingerprint density at radius 1 is 1.47 bits per heavy atom. The molecule has 0 spiro atoms. The Bertz CT molecular complexity index is 442. The Morgan fingerprint density at radius 3 is 3.00 bits per heavy atom. The number of nitrogens with two attached hydrogens (primary N) is 1. The van der Waals surface area contributed by atoms with E-state index < -0.39 is 0 Å². The second-order valence-electron chi connectivity index (χ2n) is 2.79. The van der Waals surface area contributed by atoms with E-state index in [9.17, 15) is 0 Å². The van der Waals surface area contributed by atoms with Gasteiger partial charge in [-0.1, -0.05) is 11.3 Å². The Labute approximate surface area is 95.2 Å². The molecular weight excluding hydrogens is 230 g/mol. The number of nitrogens with zero attached hydrogens (tertiary/aromatic N) is 4. The minimum Gasteiger partial charge on any atom is -0.325 e. The summed E-state index contributed by atoms with van der Waals surface area (Å²) in [6.07, 6.45) is 0. The van der Waals surface area contributed by atoms with Crippen molar-refractivity contribution in [3.05, 3.63) is 23.0 Å². The molecule has 7 heteroatoms. The molecule has 2 heterocycles. The molecule has 0 fully saturated rings. The van der Waals surface area contributed by atoms with E-state index in [2.05, 4.69) is 20.2 Å². The Morgan fingerprint density at radius 2 is 2.33 bits per heavy atom. The summed E-state index contributed by atoms with van der Waals surface area (Å²) in [4.78, 5) is 8.58. The third-order valence-corrected chi connectivity index (χ3v) is 3.26. The average Bonchev–Trinajstić information content (AvgIpc) is 2.69. The van der Waals surface area contributed by atoms with E-state index in [1.165, 1.54) is 23.1 Å². The second-order valence-corrected chi connectivity index (χ2v) is 4.84. The van der Waals surface area contributed by atoms with Gasteiger partial charge in [-0.2, -0.15) is 0 Å². The highest BCUT2D eigenvalue weighted by atomic mass is 32.2. The minimum atomic E-state index is 0.424. The lowest BCUT2D eigenvalue weighted by atomic mass is 10.3. The van der Waals surface area contributed by atoms with Crippen molar-refractivity contribution in [1.82, 2.24) is 20.2 Å². The monoisotopic (exact) mass is 239 g/mol. The molecule has 5 nitrogen and oxygen atoms in total. The maximum absolute atomic E-state index is 5.54. The molecule has 0 aliphatic carbocycles. The minimum absolute atomic E-state index is 0.424. The first-order valence-corrected chi connectivity index (χ1v) is 5.96. The zero-order valence-electron chi connectivity index (χ0n) is 8.04. The number of hydrogen-bond acceptors (Lipinski definition) is 7. The van der Waals surface area contributed by atoms with Crippen molar-refractivity contribution in [2.24, 2.45) is 5.73 Å². The van der Waals surface area contributed by atoms with Crippen LogP contribution >= 0.6 is 23.1 Å². The summed E-state index contributed by atoms with van der Waals surface area (Å²) in [6.45, 7) is 2.35. The van der Waals surface area contributed by atoms with Crippen LogP contribution in [0.3, 0.4) is 0 Å². The molecule has 2 aromatic rings. The predicted molar refractivity (Wildman–Crippen MR) is 58.7 cm³/mol. The molecule has 0 bridgehead atoms. The average molecular weight is 239 g/mol. The zero-order chi connectivity index (χ0) is 10.7. The third kappa shape index (κ3) is 2.71. The van der Waals surface area contributed by atoms with Crippen molar-refractivity contribution in [3.63, 3.8) is 0 Å². The van der Waals surface area contributed by atoms with Gasteiger partial charge in [0.05, 0.1) is 5.69 Å². The molecule has 0 aliphatic rings. The summed E-state index contributed by atoms with van der Waals surface area (Å²) in [5.74, 6) is 0. The SMILES string of the molecule is Cc1cc(CN)nc(Sc2nncs2)n1. The van der Waals surface area contributed by atoms with Crippen molar-refractivity contribution >= 4 is 23.1 Å². The van der Waals surface area contributed by atoms with Gasteiger partial charge in [0.1, 0.15) is 5.51 Å². The number of hydrogen-bond donors (Lipinski definition) is 1. The first kappa shape index (κ1) is 10.5. The van der Waals surface area contributed by atoms with Crippen molar-refractivity contribution in [3.8, 4) is 0 Å². The quantitative estimate of drug-likeness (QED) is 0.812. The smallest absolute Gasteiger partial charge is 0.195 e. The van der Waals surface area contributed by atoms with Crippen LogP contribution in [0, 0.1) is 6.92 Å². The van der Waals surface area contributed by atoms with Crippen LogP contribution in [0.5, 0.6) is 0 Å². The lowest BCUT2D eigenvalue weighted by molar-refractivity contribution is 0.852. The van der Waals surface area contributed by atoms with Gasteiger partial charge in [-0.25, -0.2) is 9.97 Å². The Balaban J connectivity index is 2.24. The van der Waals surface area contributed by atoms with Crippen LogP contribution < -0.4 is 5.73 Å². The third-order valence-electron chi connectivity index (χ3n) is 1.61. The normalized spacial score (nSPS) is 10.5. The van der Waals surface area contributed by atoms with Crippen LogP contribution in [0.2, 0.25) is 0 Å². The summed E-state index contributed by atoms with van der Waals surface area (Å²) in [6, 6.07) is 1.88. The van der Waals surface area contributed by atoms with Crippen LogP contribution in [-0.4, -0.2) is 20.2 Å². The summed E-state index contributed by atoms with van der Waals surface area (Å²) < 4.78 is 0.837. The highest BCUT2D eigenvalue weighted by molar-refractivity contribution is 8.00. The van der Waals surface area contributed by atoms with Crippen LogP contribution in [0.25, 0.3) is 0 Å². The molecule has 0 atom stereocenters. The molecule has 2 aromatic heterocycles. The highest BCUT2D eigenvalue weighted by Gasteiger charge is 2.05. The molecule has 0 aliphatic heterocycles. The molecule has 2 rings (SSSR count). The summed E-state index contributed by atoms with van der Waals surface area (Å²) in [5.41, 5.74) is 8.98. The molecule has 0 saturated heterocycles. The Kier molecular flexibility index (Phi) is 3.24. The standard InChI is InChI=1S/C8H9N5S2/c1-5-2-6(3-9)12-7(11-5)15-8-13-10-4-14-8/h2,4H,3,9H2,1H3. The fourth-order valence-corrected chi connectivity index (χ4v) is 2.46. The molecule has 0 amide bonds. The van der Waals surface area contributed by atoms with Gasteiger partial charge >= 0.3 is 0 Å². The van der Waals surface area contributed by atoms with Gasteiger partial charge in [0, 0.05) is 12.2 Å². The fraction of sp³-hybridized carbons (Fsp3) is 0.250.